The van der Waals surface area contributed by atoms with E-state index in [9.17, 15) is 9.59 Å². The predicted octanol–water partition coefficient (Wildman–Crippen LogP) is 2.67. The second-order valence-corrected chi connectivity index (χ2v) is 11.3. The van der Waals surface area contributed by atoms with E-state index in [1.165, 1.54) is 11.9 Å². The second-order valence-electron chi connectivity index (χ2n) is 10.4. The summed E-state index contributed by atoms with van der Waals surface area (Å²) >= 11 is 3.45. The molecule has 0 saturated carbocycles. The Morgan fingerprint density at radius 2 is 1.88 bits per heavy atom. The van der Waals surface area contributed by atoms with Gasteiger partial charge in [0, 0.05) is 55.3 Å². The molecule has 2 atom stereocenters. The van der Waals surface area contributed by atoms with Crippen molar-refractivity contribution in [3.8, 4) is 0 Å². The van der Waals surface area contributed by atoms with Crippen LogP contribution in [0.4, 0.5) is 11.6 Å². The first-order valence-corrected chi connectivity index (χ1v) is 14.2. The Morgan fingerprint density at radius 1 is 1.10 bits per heavy atom. The number of piperazine rings is 1. The molecule has 210 valence electrons. The molecule has 5 N–H and O–H groups in total. The van der Waals surface area contributed by atoms with E-state index in [1.54, 1.807) is 6.07 Å². The molecule has 12 heteroatoms. The molecule has 2 aliphatic heterocycles. The molecule has 0 spiro atoms. The van der Waals surface area contributed by atoms with Gasteiger partial charge in [0.05, 0.1) is 17.4 Å². The molecule has 0 radical (unpaired) electrons. The fraction of sp³-hybridized carbons (Fsp3) is 0.276. The van der Waals surface area contributed by atoms with Crippen molar-refractivity contribution in [2.24, 2.45) is 10.7 Å². The average Bonchev–Trinajstić information content (AvgIpc) is 3.60. The lowest BCUT2D eigenvalue weighted by atomic mass is 9.80. The van der Waals surface area contributed by atoms with Gasteiger partial charge in [-0.25, -0.2) is 4.98 Å². The summed E-state index contributed by atoms with van der Waals surface area (Å²) in [6, 6.07) is 14.5. The molecule has 0 bridgehead atoms. The first kappa shape index (κ1) is 26.9. The van der Waals surface area contributed by atoms with Gasteiger partial charge in [-0.3, -0.25) is 29.8 Å². The molecular formula is C29H30BrN9O2. The number of anilines is 2. The van der Waals surface area contributed by atoms with Crippen LogP contribution in [0.5, 0.6) is 0 Å². The topological polar surface area (TPSA) is 145 Å². The molecule has 4 heterocycles. The number of fused-ring (bicyclic) bond motifs is 1. The van der Waals surface area contributed by atoms with Crippen LogP contribution in [-0.2, 0) is 21.7 Å². The summed E-state index contributed by atoms with van der Waals surface area (Å²) in [7, 11) is 0. The number of pyridine rings is 1. The van der Waals surface area contributed by atoms with Crippen LogP contribution >= 0.6 is 15.9 Å². The number of aliphatic imine (C=N–C) groups is 1. The summed E-state index contributed by atoms with van der Waals surface area (Å²) in [5, 5.41) is 5.78. The smallest absolute Gasteiger partial charge is 0.254 e. The highest BCUT2D eigenvalue weighted by molar-refractivity contribution is 9.10. The molecule has 0 aliphatic carbocycles. The summed E-state index contributed by atoms with van der Waals surface area (Å²) in [5.41, 5.74) is 9.61. The van der Waals surface area contributed by atoms with Crippen LogP contribution < -0.4 is 21.3 Å². The molecule has 1 saturated heterocycles. The number of imidazole rings is 1. The van der Waals surface area contributed by atoms with E-state index in [0.29, 0.717) is 5.56 Å². The summed E-state index contributed by atoms with van der Waals surface area (Å²) in [4.78, 5) is 47.3. The van der Waals surface area contributed by atoms with E-state index in [-0.39, 0.29) is 5.95 Å². The van der Waals surface area contributed by atoms with Crippen molar-refractivity contribution in [2.75, 3.05) is 36.4 Å². The van der Waals surface area contributed by atoms with Gasteiger partial charge in [0.2, 0.25) is 5.95 Å². The van der Waals surface area contributed by atoms with Crippen molar-refractivity contribution in [1.82, 2.24) is 25.2 Å². The van der Waals surface area contributed by atoms with Gasteiger partial charge in [-0.1, -0.05) is 22.0 Å². The third-order valence-corrected chi connectivity index (χ3v) is 8.28. The molecular weight excluding hydrogens is 586 g/mol. The number of rotatable bonds is 7. The number of carbonyl (C=O) groups excluding carboxylic acids is 2. The Kier molecular flexibility index (Phi) is 7.18. The number of halogens is 1. The number of aromatic nitrogens is 3. The molecule has 1 fully saturated rings. The minimum absolute atomic E-state index is 0.274. The number of aromatic amines is 1. The lowest BCUT2D eigenvalue weighted by Gasteiger charge is -2.36. The zero-order chi connectivity index (χ0) is 28.6. The van der Waals surface area contributed by atoms with Gasteiger partial charge in [0.25, 0.3) is 11.8 Å². The number of aryl methyl sites for hydroxylation is 1. The minimum Gasteiger partial charge on any atom is -0.369 e. The molecule has 2 aromatic carbocycles. The van der Waals surface area contributed by atoms with Gasteiger partial charge >= 0.3 is 0 Å². The van der Waals surface area contributed by atoms with E-state index in [4.69, 9.17) is 5.73 Å². The first-order valence-electron chi connectivity index (χ1n) is 13.4. The second kappa shape index (κ2) is 10.9. The maximum atomic E-state index is 13.5. The molecule has 2 unspecified atom stereocenters. The Morgan fingerprint density at radius 3 is 2.63 bits per heavy atom. The fourth-order valence-electron chi connectivity index (χ4n) is 5.60. The van der Waals surface area contributed by atoms with Gasteiger partial charge in [-0.2, -0.15) is 0 Å². The van der Waals surface area contributed by atoms with Crippen molar-refractivity contribution in [3.05, 3.63) is 82.1 Å². The van der Waals surface area contributed by atoms with E-state index in [2.05, 4.69) is 68.4 Å². The van der Waals surface area contributed by atoms with E-state index >= 15 is 0 Å². The zero-order valence-corrected chi connectivity index (χ0v) is 24.1. The third-order valence-electron chi connectivity index (χ3n) is 7.79. The van der Waals surface area contributed by atoms with Gasteiger partial charge in [-0.05, 0) is 66.1 Å². The summed E-state index contributed by atoms with van der Waals surface area (Å²) in [6.45, 7) is 6.51. The number of amides is 2. The number of H-pyrrole nitrogens is 1. The van der Waals surface area contributed by atoms with Crippen LogP contribution in [0.1, 0.15) is 16.7 Å². The lowest BCUT2D eigenvalue weighted by Crippen LogP contribution is -2.59. The molecule has 4 aromatic rings. The first-order chi connectivity index (χ1) is 19.8. The fourth-order valence-corrected chi connectivity index (χ4v) is 5.96. The molecule has 6 rings (SSSR count). The molecule has 11 nitrogen and oxygen atoms in total. The summed E-state index contributed by atoms with van der Waals surface area (Å²) < 4.78 is 0.759. The highest BCUT2D eigenvalue weighted by Gasteiger charge is 2.53. The van der Waals surface area contributed by atoms with Crippen LogP contribution in [-0.4, -0.2) is 70.2 Å². The van der Waals surface area contributed by atoms with Crippen LogP contribution in [0, 0.1) is 6.92 Å². The predicted molar refractivity (Wildman–Crippen MR) is 162 cm³/mol. The maximum absolute atomic E-state index is 13.5. The Balaban J connectivity index is 1.16. The number of nitrogens with zero attached hydrogens (tertiary/aromatic N) is 5. The summed E-state index contributed by atoms with van der Waals surface area (Å²) in [6.07, 6.45) is 5.02. The minimum atomic E-state index is -1.53. The van der Waals surface area contributed by atoms with Crippen LogP contribution in [0.25, 0.3) is 11.0 Å². The molecule has 41 heavy (non-hydrogen) atoms. The summed E-state index contributed by atoms with van der Waals surface area (Å²) in [5.74, 6) is -0.934. The van der Waals surface area contributed by atoms with Crippen molar-refractivity contribution >= 4 is 56.8 Å². The molecule has 2 aromatic heterocycles. The number of primary amides is 1. The number of benzene rings is 2. The average molecular weight is 617 g/mol. The van der Waals surface area contributed by atoms with Crippen LogP contribution in [0.3, 0.4) is 0 Å². The highest BCUT2D eigenvalue weighted by Crippen LogP contribution is 2.35. The zero-order valence-electron chi connectivity index (χ0n) is 22.5. The van der Waals surface area contributed by atoms with Gasteiger partial charge in [0.1, 0.15) is 0 Å². The number of carbonyl (C=O) groups is 2. The Bertz CT molecular complexity index is 1630. The van der Waals surface area contributed by atoms with Gasteiger partial charge in [-0.15, -0.1) is 0 Å². The quantitative estimate of drug-likeness (QED) is 0.250. The third kappa shape index (κ3) is 5.16. The standard InChI is InChI=1S/C29H30BrN9O2/c1-18-2-3-20(30)14-22(18)29(27(31)41)25(33-17-34-29)26(40)37-28-35-23-5-4-21(15-24(23)36-28)39-12-10-38(11-13-39)16-19-6-8-32-9-7-19/h2-9,14-15,17,25H,10-13,16H2,1H3,(H2,31,41)(H,33,34)(H2,35,36,37,40). The molecule has 2 amide bonds. The van der Waals surface area contributed by atoms with Crippen molar-refractivity contribution in [1.29, 1.82) is 0 Å². The van der Waals surface area contributed by atoms with Gasteiger partial charge in [0.15, 0.2) is 11.6 Å². The van der Waals surface area contributed by atoms with E-state index in [0.717, 1.165) is 59.5 Å². The molecule has 2 aliphatic rings. The Labute approximate surface area is 245 Å². The van der Waals surface area contributed by atoms with E-state index < -0.39 is 23.4 Å². The van der Waals surface area contributed by atoms with E-state index in [1.807, 2.05) is 49.6 Å². The van der Waals surface area contributed by atoms with Crippen molar-refractivity contribution in [2.45, 2.75) is 25.0 Å². The maximum Gasteiger partial charge on any atom is 0.254 e. The monoisotopic (exact) mass is 615 g/mol. The van der Waals surface area contributed by atoms with Crippen molar-refractivity contribution in [3.63, 3.8) is 0 Å². The number of hydrogen-bond acceptors (Lipinski definition) is 8. The van der Waals surface area contributed by atoms with Crippen LogP contribution in [0.15, 0.2) is 70.4 Å². The number of hydrogen-bond donors (Lipinski definition) is 4. The number of nitrogens with two attached hydrogens (primary N) is 1. The van der Waals surface area contributed by atoms with Gasteiger partial charge < -0.3 is 20.9 Å². The Hall–Kier alpha value is -4.29. The van der Waals surface area contributed by atoms with Crippen LogP contribution in [0.2, 0.25) is 0 Å². The lowest BCUT2D eigenvalue weighted by molar-refractivity contribution is -0.129. The largest absolute Gasteiger partial charge is 0.369 e. The highest BCUT2D eigenvalue weighted by atomic mass is 79.9. The SMILES string of the molecule is Cc1ccc(Br)cc1C1(C(N)=O)NC=NC1C(=O)Nc1nc2ccc(N3CCN(Cc4ccncc4)CC3)cc2[nH]1. The van der Waals surface area contributed by atoms with Crippen molar-refractivity contribution < 1.29 is 9.59 Å². The normalized spacial score (nSPS) is 20.7. The number of nitrogens with one attached hydrogen (secondary N) is 3.